The summed E-state index contributed by atoms with van der Waals surface area (Å²) in [4.78, 5) is 21.5. The summed E-state index contributed by atoms with van der Waals surface area (Å²) in [5.41, 5.74) is 5.22. The minimum Gasteiger partial charge on any atom is -0.495 e. The number of pyridine rings is 1. The fourth-order valence-corrected chi connectivity index (χ4v) is 6.28. The van der Waals surface area contributed by atoms with Crippen molar-refractivity contribution in [3.05, 3.63) is 66.3 Å². The molecule has 0 radical (unpaired) electrons. The van der Waals surface area contributed by atoms with Gasteiger partial charge in [-0.2, -0.15) is 0 Å². The number of carbonyl (C=O) groups is 1. The normalized spacial score (nSPS) is 14.3. The van der Waals surface area contributed by atoms with Crippen LogP contribution in [0.15, 0.2) is 54.2 Å². The van der Waals surface area contributed by atoms with Crippen LogP contribution in [0.25, 0.3) is 0 Å². The molecule has 46 heavy (non-hydrogen) atoms. The molecule has 0 bridgehead atoms. The number of nitrogens with zero attached hydrogens (tertiary/aromatic N) is 3. The lowest BCUT2D eigenvalue weighted by molar-refractivity contribution is -0.0224. The van der Waals surface area contributed by atoms with Crippen LogP contribution in [0.5, 0.6) is 5.75 Å². The van der Waals surface area contributed by atoms with E-state index in [0.29, 0.717) is 25.0 Å². The van der Waals surface area contributed by atoms with Gasteiger partial charge in [-0.3, -0.25) is 4.79 Å². The van der Waals surface area contributed by atoms with Crippen molar-refractivity contribution >= 4 is 27.6 Å². The predicted molar refractivity (Wildman–Crippen MR) is 177 cm³/mol. The number of benzene rings is 1. The van der Waals surface area contributed by atoms with Gasteiger partial charge in [-0.15, -0.1) is 6.58 Å². The summed E-state index contributed by atoms with van der Waals surface area (Å²) < 4.78 is 76.1. The van der Waals surface area contributed by atoms with Crippen molar-refractivity contribution in [2.24, 2.45) is 16.6 Å². The van der Waals surface area contributed by atoms with E-state index in [2.05, 4.69) is 21.9 Å². The molecule has 2 atom stereocenters. The Morgan fingerprint density at radius 1 is 1.15 bits per heavy atom. The summed E-state index contributed by atoms with van der Waals surface area (Å²) in [6.45, 7) is 9.38. The van der Waals surface area contributed by atoms with E-state index in [9.17, 15) is 22.0 Å². The lowest BCUT2D eigenvalue weighted by Gasteiger charge is -2.30. The van der Waals surface area contributed by atoms with Crippen molar-refractivity contribution < 1.29 is 31.1 Å². The van der Waals surface area contributed by atoms with Gasteiger partial charge >= 0.3 is 0 Å². The largest absolute Gasteiger partial charge is 0.495 e. The number of hydrogen-bond acceptors (Lipinski definition) is 6. The number of ether oxygens (including phenoxy) is 1. The topological polar surface area (TPSA) is 127 Å². The number of amides is 1. The van der Waals surface area contributed by atoms with Crippen LogP contribution in [0.1, 0.15) is 94.6 Å². The number of nitrogens with one attached hydrogen (secondary N) is 1. The Hall–Kier alpha value is -3.61. The first-order valence-electron chi connectivity index (χ1n) is 15.6. The first kappa shape index (κ1) is 38.6. The summed E-state index contributed by atoms with van der Waals surface area (Å²) in [5, 5.41) is 2.70. The van der Waals surface area contributed by atoms with Crippen LogP contribution in [-0.2, 0) is 15.6 Å². The monoisotopic (exact) mass is 667 g/mol. The first-order valence-corrected chi connectivity index (χ1v) is 17.2. The Kier molecular flexibility index (Phi) is 14.5. The second-order valence-electron chi connectivity index (χ2n) is 11.4. The molecule has 0 aliphatic rings. The lowest BCUT2D eigenvalue weighted by atomic mass is 9.85. The maximum Gasteiger partial charge on any atom is 0.274 e. The number of unbranched alkanes of at least 4 members (excludes halogenated alkanes) is 1. The predicted octanol–water partition coefficient (Wildman–Crippen LogP) is 7.26. The van der Waals surface area contributed by atoms with Gasteiger partial charge in [0.25, 0.3) is 5.91 Å². The number of methoxy groups -OCH3 is 1. The summed E-state index contributed by atoms with van der Waals surface area (Å²) in [5.74, 6) is -4.38. The number of alkyl halides is 2. The summed E-state index contributed by atoms with van der Waals surface area (Å²) in [6, 6.07) is 7.05. The molecule has 3 N–H and O–H groups in total. The molecule has 2 aromatic rings. The van der Waals surface area contributed by atoms with Gasteiger partial charge in [-0.25, -0.2) is 35.9 Å². The van der Waals surface area contributed by atoms with Crippen LogP contribution in [0.3, 0.4) is 0 Å². The quantitative estimate of drug-likeness (QED) is 0.0923. The van der Waals surface area contributed by atoms with Gasteiger partial charge in [0.15, 0.2) is 0 Å². The number of anilines is 1. The average Bonchev–Trinajstić information content (AvgIpc) is 3.03. The molecule has 0 saturated carbocycles. The number of aliphatic imine (C=N–C) groups is 1. The van der Waals surface area contributed by atoms with E-state index in [0.717, 1.165) is 10.7 Å². The van der Waals surface area contributed by atoms with Crippen LogP contribution in [0.2, 0.25) is 0 Å². The summed E-state index contributed by atoms with van der Waals surface area (Å²) in [6.07, 6.45) is 5.18. The molecule has 2 rings (SSSR count). The highest BCUT2D eigenvalue weighted by molar-refractivity contribution is 7.89. The molecule has 2 unspecified atom stereocenters. The number of halogens is 3. The van der Waals surface area contributed by atoms with Gasteiger partial charge in [0.2, 0.25) is 21.9 Å². The third-order valence-electron chi connectivity index (χ3n) is 8.09. The molecule has 0 fully saturated rings. The van der Waals surface area contributed by atoms with E-state index in [1.54, 1.807) is 13.0 Å². The Morgan fingerprint density at radius 2 is 1.87 bits per heavy atom. The van der Waals surface area contributed by atoms with Crippen LogP contribution >= 0.6 is 0 Å². The molecule has 0 aliphatic carbocycles. The summed E-state index contributed by atoms with van der Waals surface area (Å²) in [7, 11) is -1.26. The number of guanidine groups is 1. The zero-order chi connectivity index (χ0) is 34.5. The number of nitrogens with two attached hydrogens (primary N) is 1. The Morgan fingerprint density at radius 3 is 2.43 bits per heavy atom. The van der Waals surface area contributed by atoms with E-state index < -0.39 is 33.2 Å². The van der Waals surface area contributed by atoms with Crippen molar-refractivity contribution in [3.63, 3.8) is 0 Å². The number of sulfonamides is 1. The van der Waals surface area contributed by atoms with Crippen molar-refractivity contribution in [2.75, 3.05) is 25.2 Å². The highest BCUT2D eigenvalue weighted by Crippen LogP contribution is 2.37. The van der Waals surface area contributed by atoms with Gasteiger partial charge in [0, 0.05) is 31.1 Å². The SMILES string of the molecule is C=CC(CCCC)(N=C(N)N(C)S(=O)(=O)CCC(CC)CCC(F)(F)CCC)c1cc(NC(=O)c2ccc(OC)cn2)ccc1F. The molecule has 1 aromatic heterocycles. The van der Waals surface area contributed by atoms with Crippen LogP contribution < -0.4 is 15.8 Å². The highest BCUT2D eigenvalue weighted by Gasteiger charge is 2.34. The maximum absolute atomic E-state index is 15.5. The third kappa shape index (κ3) is 10.7. The highest BCUT2D eigenvalue weighted by atomic mass is 32.2. The van der Waals surface area contributed by atoms with E-state index in [1.807, 2.05) is 13.8 Å². The molecular weight excluding hydrogens is 619 g/mol. The lowest BCUT2D eigenvalue weighted by Crippen LogP contribution is -2.42. The number of rotatable bonds is 19. The average molecular weight is 668 g/mol. The van der Waals surface area contributed by atoms with Gasteiger partial charge in [-0.1, -0.05) is 52.5 Å². The van der Waals surface area contributed by atoms with Crippen molar-refractivity contribution in [3.8, 4) is 5.75 Å². The number of hydrogen-bond donors (Lipinski definition) is 2. The molecule has 1 heterocycles. The zero-order valence-electron chi connectivity index (χ0n) is 27.5. The molecule has 1 aromatic carbocycles. The fourth-order valence-electron chi connectivity index (χ4n) is 5.05. The second kappa shape index (κ2) is 17.3. The van der Waals surface area contributed by atoms with E-state index in [-0.39, 0.29) is 66.7 Å². The smallest absolute Gasteiger partial charge is 0.274 e. The van der Waals surface area contributed by atoms with Crippen molar-refractivity contribution in [1.29, 1.82) is 0 Å². The molecule has 13 heteroatoms. The van der Waals surface area contributed by atoms with Gasteiger partial charge in [0.1, 0.15) is 22.8 Å². The van der Waals surface area contributed by atoms with Crippen LogP contribution in [0, 0.1) is 11.7 Å². The minimum atomic E-state index is -3.99. The Labute approximate surface area is 271 Å². The first-order chi connectivity index (χ1) is 21.7. The zero-order valence-corrected chi connectivity index (χ0v) is 28.3. The van der Waals surface area contributed by atoms with Gasteiger partial charge < -0.3 is 15.8 Å². The fraction of sp³-hybridized carbons (Fsp3) is 0.545. The third-order valence-corrected chi connectivity index (χ3v) is 9.87. The van der Waals surface area contributed by atoms with Gasteiger partial charge in [-0.05, 0) is 55.5 Å². The van der Waals surface area contributed by atoms with Crippen LogP contribution in [-0.4, -0.2) is 55.4 Å². The molecule has 256 valence electrons. The van der Waals surface area contributed by atoms with E-state index >= 15 is 4.39 Å². The van der Waals surface area contributed by atoms with Gasteiger partial charge in [0.05, 0.1) is 19.1 Å². The van der Waals surface area contributed by atoms with Crippen molar-refractivity contribution in [2.45, 2.75) is 90.0 Å². The second-order valence-corrected chi connectivity index (χ2v) is 13.5. The molecule has 0 aliphatic heterocycles. The van der Waals surface area contributed by atoms with Crippen molar-refractivity contribution in [1.82, 2.24) is 9.29 Å². The molecule has 0 saturated heterocycles. The molecular formula is C33H48F3N5O4S. The standard InChI is InChI=1S/C33H48F3N5O4S/c1-7-11-19-32(10-4,27-22-25(12-14-28(27)34)39-30(42)29-15-13-26(45-6)23-38-29)40-31(37)41(5)46(43,44)21-17-24(9-3)16-20-33(35,36)18-8-2/h10,12-15,22-24H,4,7-9,11,16-21H2,1-3,5-6H3,(H2,37,40)(H,39,42). The molecule has 0 spiro atoms. The Balaban J connectivity index is 2.35. The number of carbonyl (C=O) groups excluding carboxylic acids is 1. The minimum absolute atomic E-state index is 0.0456. The summed E-state index contributed by atoms with van der Waals surface area (Å²) >= 11 is 0. The molecule has 1 amide bonds. The van der Waals surface area contributed by atoms with Crippen LogP contribution in [0.4, 0.5) is 18.9 Å². The van der Waals surface area contributed by atoms with E-state index in [1.165, 1.54) is 50.7 Å². The Bertz CT molecular complexity index is 1440. The maximum atomic E-state index is 15.5. The van der Waals surface area contributed by atoms with E-state index in [4.69, 9.17) is 10.5 Å². The number of aromatic nitrogens is 1. The molecule has 9 nitrogen and oxygen atoms in total.